The summed E-state index contributed by atoms with van der Waals surface area (Å²) in [6.45, 7) is 2.48. The van der Waals surface area contributed by atoms with Crippen LogP contribution in [0.15, 0.2) is 73.1 Å². The minimum Gasteiger partial charge on any atom is -0.493 e. The summed E-state index contributed by atoms with van der Waals surface area (Å²) in [6.07, 6.45) is 5.98. The minimum atomic E-state index is -0.275. The van der Waals surface area contributed by atoms with Crippen LogP contribution >= 0.6 is 0 Å². The molecule has 2 unspecified atom stereocenters. The number of carbonyl (C=O) groups excluding carboxylic acids is 2. The van der Waals surface area contributed by atoms with Crippen molar-refractivity contribution in [2.24, 2.45) is 0 Å². The van der Waals surface area contributed by atoms with Crippen LogP contribution in [0.4, 0.5) is 0 Å². The predicted octanol–water partition coefficient (Wildman–Crippen LogP) is 6.68. The standard InChI is InChI=1S/C34H35N3O4/c1-4-21-15-23(16-31(40-2)34(21)41-3)26(28-20-36-30-12-8-6-10-25(28)30)18-33(39)37-14-13-22(17-32(37)38)27-19-35-29-11-7-5-9-24(27)29/h5-12,15-16,19-20,22,26,35-36H,4,13-14,17-18H2,1-3H3. The average Bonchev–Trinajstić information content (AvgIpc) is 3.63. The molecule has 1 saturated heterocycles. The number of ether oxygens (including phenoxy) is 2. The zero-order valence-corrected chi connectivity index (χ0v) is 23.7. The number of fused-ring (bicyclic) bond motifs is 2. The molecule has 41 heavy (non-hydrogen) atoms. The maximum absolute atomic E-state index is 13.9. The number of H-pyrrole nitrogens is 2. The van der Waals surface area contributed by atoms with Crippen molar-refractivity contribution in [1.82, 2.24) is 14.9 Å². The van der Waals surface area contributed by atoms with Gasteiger partial charge in [0, 0.05) is 59.5 Å². The van der Waals surface area contributed by atoms with E-state index in [1.807, 2.05) is 54.9 Å². The SMILES string of the molecule is CCc1cc(C(CC(=O)N2CCC(c3c[nH]c4ccccc34)CC2=O)c2c[nH]c3ccccc23)cc(OC)c1OC. The van der Waals surface area contributed by atoms with Crippen molar-refractivity contribution in [3.8, 4) is 11.5 Å². The van der Waals surface area contributed by atoms with Gasteiger partial charge in [0.1, 0.15) is 0 Å². The van der Waals surface area contributed by atoms with E-state index in [9.17, 15) is 9.59 Å². The fourth-order valence-electron chi connectivity index (χ4n) is 6.40. The largest absolute Gasteiger partial charge is 0.493 e. The van der Waals surface area contributed by atoms with Gasteiger partial charge in [-0.25, -0.2) is 0 Å². The highest BCUT2D eigenvalue weighted by Crippen LogP contribution is 2.41. The molecule has 210 valence electrons. The lowest BCUT2D eigenvalue weighted by Gasteiger charge is -2.31. The lowest BCUT2D eigenvalue weighted by molar-refractivity contribution is -0.147. The van der Waals surface area contributed by atoms with Crippen LogP contribution in [0, 0.1) is 0 Å². The number of aryl methyl sites for hydroxylation is 1. The number of imide groups is 1. The molecule has 0 radical (unpaired) electrons. The summed E-state index contributed by atoms with van der Waals surface area (Å²) < 4.78 is 11.4. The highest BCUT2D eigenvalue weighted by Gasteiger charge is 2.34. The predicted molar refractivity (Wildman–Crippen MR) is 161 cm³/mol. The van der Waals surface area contributed by atoms with E-state index in [-0.39, 0.29) is 30.1 Å². The number of aromatic nitrogens is 2. The molecule has 2 aromatic heterocycles. The van der Waals surface area contributed by atoms with Gasteiger partial charge in [-0.3, -0.25) is 14.5 Å². The highest BCUT2D eigenvalue weighted by atomic mass is 16.5. The maximum atomic E-state index is 13.9. The Bertz CT molecular complexity index is 1710. The van der Waals surface area contributed by atoms with Gasteiger partial charge in [0.05, 0.1) is 14.2 Å². The van der Waals surface area contributed by atoms with Gasteiger partial charge in [0.25, 0.3) is 0 Å². The third-order valence-corrected chi connectivity index (χ3v) is 8.52. The number of amides is 2. The summed E-state index contributed by atoms with van der Waals surface area (Å²) in [7, 11) is 3.27. The smallest absolute Gasteiger partial charge is 0.230 e. The second-order valence-corrected chi connectivity index (χ2v) is 10.7. The normalized spacial score (nSPS) is 16.3. The van der Waals surface area contributed by atoms with Gasteiger partial charge in [0.15, 0.2) is 11.5 Å². The number of benzene rings is 3. The molecule has 6 rings (SSSR count). The monoisotopic (exact) mass is 549 g/mol. The number of nitrogens with zero attached hydrogens (tertiary/aromatic N) is 1. The number of hydrogen-bond donors (Lipinski definition) is 2. The van der Waals surface area contributed by atoms with E-state index in [0.29, 0.717) is 24.5 Å². The number of nitrogens with one attached hydrogen (secondary N) is 2. The first-order chi connectivity index (χ1) is 20.0. The third-order valence-electron chi connectivity index (χ3n) is 8.52. The van der Waals surface area contributed by atoms with Crippen molar-refractivity contribution >= 4 is 33.6 Å². The molecule has 5 aromatic rings. The van der Waals surface area contributed by atoms with E-state index < -0.39 is 0 Å². The molecular weight excluding hydrogens is 514 g/mol. The van der Waals surface area contributed by atoms with Gasteiger partial charge in [-0.05, 0) is 59.2 Å². The second kappa shape index (κ2) is 11.2. The van der Waals surface area contributed by atoms with E-state index in [2.05, 4.69) is 35.1 Å². The minimum absolute atomic E-state index is 0.0880. The quantitative estimate of drug-likeness (QED) is 0.226. The number of methoxy groups -OCH3 is 2. The summed E-state index contributed by atoms with van der Waals surface area (Å²) in [6, 6.07) is 20.3. The zero-order valence-electron chi connectivity index (χ0n) is 23.7. The molecule has 0 spiro atoms. The van der Waals surface area contributed by atoms with Gasteiger partial charge < -0.3 is 19.4 Å². The lowest BCUT2D eigenvalue weighted by atomic mass is 9.85. The van der Waals surface area contributed by atoms with Gasteiger partial charge in [0.2, 0.25) is 11.8 Å². The molecule has 1 aliphatic rings. The molecule has 1 fully saturated rings. The topological polar surface area (TPSA) is 87.4 Å². The average molecular weight is 550 g/mol. The van der Waals surface area contributed by atoms with Crippen LogP contribution < -0.4 is 9.47 Å². The summed E-state index contributed by atoms with van der Waals surface area (Å²) in [4.78, 5) is 35.5. The van der Waals surface area contributed by atoms with Crippen LogP contribution in [0.25, 0.3) is 21.8 Å². The lowest BCUT2D eigenvalue weighted by Crippen LogP contribution is -2.42. The molecule has 0 saturated carbocycles. The van der Waals surface area contributed by atoms with Gasteiger partial charge in [-0.2, -0.15) is 0 Å². The van der Waals surface area contributed by atoms with Crippen molar-refractivity contribution in [1.29, 1.82) is 0 Å². The number of piperidine rings is 1. The maximum Gasteiger partial charge on any atom is 0.230 e. The number of rotatable bonds is 8. The Balaban J connectivity index is 1.31. The molecule has 3 heterocycles. The molecule has 3 aromatic carbocycles. The second-order valence-electron chi connectivity index (χ2n) is 10.7. The summed E-state index contributed by atoms with van der Waals surface area (Å²) in [5, 5.41) is 2.20. The summed E-state index contributed by atoms with van der Waals surface area (Å²) in [5.74, 6) is 0.881. The van der Waals surface area contributed by atoms with Crippen LogP contribution in [0.1, 0.15) is 60.3 Å². The molecule has 2 atom stereocenters. The van der Waals surface area contributed by atoms with E-state index in [4.69, 9.17) is 9.47 Å². The first kappa shape index (κ1) is 26.7. The number of para-hydroxylation sites is 2. The zero-order chi connectivity index (χ0) is 28.5. The number of aromatic amines is 2. The van der Waals surface area contributed by atoms with E-state index in [0.717, 1.165) is 56.9 Å². The number of carbonyl (C=O) groups is 2. The number of likely N-dealkylation sites (tertiary alicyclic amines) is 1. The van der Waals surface area contributed by atoms with Crippen LogP contribution in [-0.4, -0.2) is 47.4 Å². The summed E-state index contributed by atoms with van der Waals surface area (Å²) in [5.41, 5.74) is 6.20. The Morgan fingerprint density at radius 2 is 1.68 bits per heavy atom. The molecule has 7 nitrogen and oxygen atoms in total. The van der Waals surface area contributed by atoms with E-state index >= 15 is 0 Å². The van der Waals surface area contributed by atoms with Crippen LogP contribution in [0.2, 0.25) is 0 Å². The Hall–Kier alpha value is -4.52. The Labute approximate surface area is 239 Å². The third kappa shape index (κ3) is 4.86. The van der Waals surface area contributed by atoms with Crippen LogP contribution in [0.3, 0.4) is 0 Å². The Morgan fingerprint density at radius 1 is 0.976 bits per heavy atom. The van der Waals surface area contributed by atoms with Crippen LogP contribution in [0.5, 0.6) is 11.5 Å². The fraction of sp³-hybridized carbons (Fsp3) is 0.294. The van der Waals surface area contributed by atoms with E-state index in [1.165, 1.54) is 4.90 Å². The molecule has 7 heteroatoms. The van der Waals surface area contributed by atoms with Gasteiger partial charge in [-0.1, -0.05) is 49.4 Å². The Morgan fingerprint density at radius 3 is 2.39 bits per heavy atom. The molecule has 2 amide bonds. The summed E-state index contributed by atoms with van der Waals surface area (Å²) >= 11 is 0. The molecular formula is C34H35N3O4. The molecule has 1 aliphatic heterocycles. The van der Waals surface area contributed by atoms with Gasteiger partial charge >= 0.3 is 0 Å². The van der Waals surface area contributed by atoms with Crippen LogP contribution in [-0.2, 0) is 16.0 Å². The van der Waals surface area contributed by atoms with Crippen molar-refractivity contribution < 1.29 is 19.1 Å². The van der Waals surface area contributed by atoms with E-state index in [1.54, 1.807) is 14.2 Å². The number of hydrogen-bond acceptors (Lipinski definition) is 4. The van der Waals surface area contributed by atoms with Crippen molar-refractivity contribution in [2.75, 3.05) is 20.8 Å². The van der Waals surface area contributed by atoms with Crippen molar-refractivity contribution in [3.05, 3.63) is 95.3 Å². The molecule has 0 bridgehead atoms. The molecule has 0 aliphatic carbocycles. The van der Waals surface area contributed by atoms with Crippen molar-refractivity contribution in [3.63, 3.8) is 0 Å². The Kier molecular flexibility index (Phi) is 7.26. The highest BCUT2D eigenvalue weighted by molar-refractivity contribution is 5.97. The fourth-order valence-corrected chi connectivity index (χ4v) is 6.40. The van der Waals surface area contributed by atoms with Gasteiger partial charge in [-0.15, -0.1) is 0 Å². The van der Waals surface area contributed by atoms with Crippen molar-refractivity contribution in [2.45, 2.75) is 44.4 Å². The first-order valence-corrected chi connectivity index (χ1v) is 14.2. The molecule has 2 N–H and O–H groups in total. The first-order valence-electron chi connectivity index (χ1n) is 14.2.